The van der Waals surface area contributed by atoms with Crippen molar-refractivity contribution in [1.29, 1.82) is 0 Å². The van der Waals surface area contributed by atoms with E-state index in [2.05, 4.69) is 0 Å². The Labute approximate surface area is 143 Å². The summed E-state index contributed by atoms with van der Waals surface area (Å²) in [7, 11) is 0. The van der Waals surface area contributed by atoms with Gasteiger partial charge in [-0.2, -0.15) is 13.2 Å². The van der Waals surface area contributed by atoms with Crippen LogP contribution in [-0.2, 0) is 12.6 Å². The van der Waals surface area contributed by atoms with Crippen LogP contribution in [-0.4, -0.2) is 18.2 Å². The van der Waals surface area contributed by atoms with Crippen LogP contribution in [0.3, 0.4) is 0 Å². The second-order valence-electron chi connectivity index (χ2n) is 6.04. The Morgan fingerprint density at radius 2 is 1.64 bits per heavy atom. The summed E-state index contributed by atoms with van der Waals surface area (Å²) in [5.74, 6) is -0.467. The normalized spacial score (nSPS) is 14.2. The molecular formula is C19H16F3NO2. The number of aryl methyl sites for hydroxylation is 1. The highest BCUT2D eigenvalue weighted by Crippen LogP contribution is 2.32. The summed E-state index contributed by atoms with van der Waals surface area (Å²) in [5.41, 5.74) is 1.52. The maximum absolute atomic E-state index is 12.8. The zero-order chi connectivity index (χ0) is 18.2. The topological polar surface area (TPSA) is 37.4 Å². The molecule has 0 saturated heterocycles. The number of benzene rings is 2. The van der Waals surface area contributed by atoms with E-state index in [4.69, 9.17) is 0 Å². The highest BCUT2D eigenvalue weighted by molar-refractivity contribution is 6.07. The molecule has 130 valence electrons. The molecule has 0 N–H and O–H groups in total. The van der Waals surface area contributed by atoms with Crippen LogP contribution in [0.2, 0.25) is 0 Å². The number of carbonyl (C=O) groups excluding carboxylic acids is 2. The molecule has 1 amide bonds. The van der Waals surface area contributed by atoms with Crippen molar-refractivity contribution < 1.29 is 22.8 Å². The van der Waals surface area contributed by atoms with Crippen LogP contribution in [0.4, 0.5) is 18.9 Å². The molecular weight excluding hydrogens is 331 g/mol. The molecule has 0 unspecified atom stereocenters. The van der Waals surface area contributed by atoms with Gasteiger partial charge in [-0.05, 0) is 55.7 Å². The Morgan fingerprint density at radius 3 is 2.24 bits per heavy atom. The van der Waals surface area contributed by atoms with Crippen molar-refractivity contribution in [2.45, 2.75) is 25.9 Å². The number of Topliss-reactive ketones (excluding diaryl/α,β-unsaturated/α-hetero) is 1. The van der Waals surface area contributed by atoms with Gasteiger partial charge in [0.05, 0.1) is 5.56 Å². The Hall–Kier alpha value is -2.63. The van der Waals surface area contributed by atoms with Gasteiger partial charge in [0.2, 0.25) is 0 Å². The first-order valence-corrected chi connectivity index (χ1v) is 7.90. The van der Waals surface area contributed by atoms with Crippen LogP contribution in [0, 0.1) is 0 Å². The maximum Gasteiger partial charge on any atom is 0.416 e. The molecule has 1 aliphatic heterocycles. The molecule has 0 radical (unpaired) electrons. The number of alkyl halides is 3. The van der Waals surface area contributed by atoms with E-state index >= 15 is 0 Å². The average Bonchev–Trinajstić information content (AvgIpc) is 2.59. The quantitative estimate of drug-likeness (QED) is 0.750. The van der Waals surface area contributed by atoms with Crippen molar-refractivity contribution in [1.82, 2.24) is 0 Å². The second-order valence-corrected chi connectivity index (χ2v) is 6.04. The minimum atomic E-state index is -4.43. The number of carbonyl (C=O) groups is 2. The Balaban J connectivity index is 1.94. The number of hydrogen-bond acceptors (Lipinski definition) is 2. The molecule has 0 saturated carbocycles. The van der Waals surface area contributed by atoms with Crippen LogP contribution < -0.4 is 4.90 Å². The summed E-state index contributed by atoms with van der Waals surface area (Å²) < 4.78 is 38.0. The minimum absolute atomic E-state index is 0.102. The Bertz CT molecular complexity index is 826. The van der Waals surface area contributed by atoms with E-state index in [0.717, 1.165) is 30.5 Å². The largest absolute Gasteiger partial charge is 0.416 e. The van der Waals surface area contributed by atoms with Crippen LogP contribution in [0.15, 0.2) is 42.5 Å². The summed E-state index contributed by atoms with van der Waals surface area (Å²) in [6, 6.07) is 9.43. The van der Waals surface area contributed by atoms with E-state index in [9.17, 15) is 22.8 Å². The SMILES string of the molecule is CC(=O)c1ccc2c(c1)N(C(=O)c1ccc(C(F)(F)F)cc1)CCC2. The summed E-state index contributed by atoms with van der Waals surface area (Å²) in [4.78, 5) is 25.9. The van der Waals surface area contributed by atoms with E-state index < -0.39 is 11.7 Å². The summed E-state index contributed by atoms with van der Waals surface area (Å²) in [6.07, 6.45) is -2.88. The molecule has 0 aliphatic carbocycles. The monoisotopic (exact) mass is 347 g/mol. The molecule has 0 bridgehead atoms. The van der Waals surface area contributed by atoms with Crippen molar-refractivity contribution in [2.75, 3.05) is 11.4 Å². The molecule has 25 heavy (non-hydrogen) atoms. The summed E-state index contributed by atoms with van der Waals surface area (Å²) >= 11 is 0. The lowest BCUT2D eigenvalue weighted by Crippen LogP contribution is -2.35. The number of rotatable bonds is 2. The zero-order valence-electron chi connectivity index (χ0n) is 13.6. The van der Waals surface area contributed by atoms with Crippen molar-refractivity contribution >= 4 is 17.4 Å². The molecule has 0 aromatic heterocycles. The van der Waals surface area contributed by atoms with E-state index in [1.54, 1.807) is 12.1 Å². The lowest BCUT2D eigenvalue weighted by molar-refractivity contribution is -0.137. The second kappa shape index (κ2) is 6.35. The summed E-state index contributed by atoms with van der Waals surface area (Å²) in [6.45, 7) is 1.92. The molecule has 2 aromatic carbocycles. The number of ketones is 1. The van der Waals surface area contributed by atoms with Crippen LogP contribution in [0.1, 0.15) is 45.2 Å². The number of halogens is 3. The molecule has 1 heterocycles. The minimum Gasteiger partial charge on any atom is -0.308 e. The first kappa shape index (κ1) is 17.2. The Morgan fingerprint density at radius 1 is 1.00 bits per heavy atom. The van der Waals surface area contributed by atoms with Gasteiger partial charge in [-0.15, -0.1) is 0 Å². The first-order chi connectivity index (χ1) is 11.8. The molecule has 0 fully saturated rings. The van der Waals surface area contributed by atoms with Gasteiger partial charge in [0.25, 0.3) is 5.91 Å². The number of anilines is 1. The smallest absolute Gasteiger partial charge is 0.308 e. The van der Waals surface area contributed by atoms with Crippen molar-refractivity contribution in [3.8, 4) is 0 Å². The van der Waals surface area contributed by atoms with Gasteiger partial charge < -0.3 is 4.90 Å². The lowest BCUT2D eigenvalue weighted by Gasteiger charge is -2.30. The summed E-state index contributed by atoms with van der Waals surface area (Å²) in [5, 5.41) is 0. The third-order valence-electron chi connectivity index (χ3n) is 4.31. The van der Waals surface area contributed by atoms with Crippen LogP contribution >= 0.6 is 0 Å². The van der Waals surface area contributed by atoms with Gasteiger partial charge in [-0.3, -0.25) is 9.59 Å². The van der Waals surface area contributed by atoms with E-state index in [1.807, 2.05) is 6.07 Å². The van der Waals surface area contributed by atoms with E-state index in [-0.39, 0.29) is 17.3 Å². The number of amides is 1. The zero-order valence-corrected chi connectivity index (χ0v) is 13.6. The first-order valence-electron chi connectivity index (χ1n) is 7.90. The predicted octanol–water partition coefficient (Wildman–Crippen LogP) is 4.50. The fraction of sp³-hybridized carbons (Fsp3) is 0.263. The molecule has 2 aromatic rings. The van der Waals surface area contributed by atoms with Gasteiger partial charge in [-0.1, -0.05) is 12.1 Å². The predicted molar refractivity (Wildman–Crippen MR) is 87.9 cm³/mol. The van der Waals surface area contributed by atoms with Gasteiger partial charge in [0, 0.05) is 23.4 Å². The molecule has 1 aliphatic rings. The fourth-order valence-electron chi connectivity index (χ4n) is 2.96. The molecule has 6 heteroatoms. The third kappa shape index (κ3) is 3.43. The fourth-order valence-corrected chi connectivity index (χ4v) is 2.96. The maximum atomic E-state index is 12.8. The van der Waals surface area contributed by atoms with E-state index in [1.165, 1.54) is 24.0 Å². The standard InChI is InChI=1S/C19H16F3NO2/c1-12(24)15-5-4-13-3-2-10-23(17(13)11-15)18(25)14-6-8-16(9-7-14)19(20,21)22/h4-9,11H,2-3,10H2,1H3. The van der Waals surface area contributed by atoms with Gasteiger partial charge in [0.1, 0.15) is 0 Å². The van der Waals surface area contributed by atoms with Crippen LogP contribution in [0.25, 0.3) is 0 Å². The van der Waals surface area contributed by atoms with Crippen molar-refractivity contribution in [2.24, 2.45) is 0 Å². The average molecular weight is 347 g/mol. The molecule has 3 nitrogen and oxygen atoms in total. The van der Waals surface area contributed by atoms with E-state index in [0.29, 0.717) is 17.8 Å². The van der Waals surface area contributed by atoms with Crippen molar-refractivity contribution in [3.05, 3.63) is 64.7 Å². The lowest BCUT2D eigenvalue weighted by atomic mass is 9.97. The highest BCUT2D eigenvalue weighted by atomic mass is 19.4. The number of hydrogen-bond donors (Lipinski definition) is 0. The number of fused-ring (bicyclic) bond motifs is 1. The van der Waals surface area contributed by atoms with Gasteiger partial charge in [-0.25, -0.2) is 0 Å². The Kier molecular flexibility index (Phi) is 4.37. The molecule has 0 atom stereocenters. The van der Waals surface area contributed by atoms with Crippen LogP contribution in [0.5, 0.6) is 0 Å². The third-order valence-corrected chi connectivity index (χ3v) is 4.31. The van der Waals surface area contributed by atoms with Gasteiger partial charge >= 0.3 is 6.18 Å². The van der Waals surface area contributed by atoms with Crippen molar-refractivity contribution in [3.63, 3.8) is 0 Å². The van der Waals surface area contributed by atoms with Gasteiger partial charge in [0.15, 0.2) is 5.78 Å². The highest BCUT2D eigenvalue weighted by Gasteiger charge is 2.31. The molecule has 3 rings (SSSR count). The molecule has 0 spiro atoms. The number of nitrogens with zero attached hydrogens (tertiary/aromatic N) is 1.